The molecule has 1 aliphatic rings. The summed E-state index contributed by atoms with van der Waals surface area (Å²) < 4.78 is 16.8. The molecule has 1 fully saturated rings. The van der Waals surface area contributed by atoms with Crippen molar-refractivity contribution >= 4 is 5.91 Å². The number of rotatable bonds is 7. The highest BCUT2D eigenvalue weighted by molar-refractivity contribution is 5.78. The number of carbonyl (C=O) groups is 1. The van der Waals surface area contributed by atoms with Crippen LogP contribution in [0.4, 0.5) is 0 Å². The third-order valence-electron chi connectivity index (χ3n) is 3.85. The number of carbonyl (C=O) groups excluding carboxylic acids is 1. The summed E-state index contributed by atoms with van der Waals surface area (Å²) in [7, 11) is 0. The molecule has 24 heavy (non-hydrogen) atoms. The van der Waals surface area contributed by atoms with Crippen LogP contribution in [0.15, 0.2) is 36.7 Å². The Bertz CT molecular complexity index is 660. The van der Waals surface area contributed by atoms with Gasteiger partial charge in [-0.2, -0.15) is 5.10 Å². The fourth-order valence-electron chi connectivity index (χ4n) is 2.59. The van der Waals surface area contributed by atoms with Gasteiger partial charge >= 0.3 is 0 Å². The maximum atomic E-state index is 12.2. The minimum absolute atomic E-state index is 0.0358. The average molecular weight is 331 g/mol. The molecule has 0 radical (unpaired) electrons. The van der Waals surface area contributed by atoms with Crippen LogP contribution in [0.25, 0.3) is 0 Å². The van der Waals surface area contributed by atoms with Gasteiger partial charge in [0.05, 0.1) is 31.6 Å². The first kappa shape index (κ1) is 16.3. The molecule has 3 rings (SSSR count). The Morgan fingerprint density at radius 2 is 2.29 bits per heavy atom. The van der Waals surface area contributed by atoms with E-state index < -0.39 is 0 Å². The van der Waals surface area contributed by atoms with Gasteiger partial charge in [0.15, 0.2) is 12.4 Å². The van der Waals surface area contributed by atoms with E-state index >= 15 is 0 Å². The van der Waals surface area contributed by atoms with Gasteiger partial charge in [0.2, 0.25) is 0 Å². The minimum Gasteiger partial charge on any atom is -0.483 e. The van der Waals surface area contributed by atoms with Gasteiger partial charge in [-0.05, 0) is 18.1 Å². The van der Waals surface area contributed by atoms with Crippen molar-refractivity contribution in [3.05, 3.63) is 42.2 Å². The molecule has 2 aromatic rings. The average Bonchev–Trinajstić information content (AvgIpc) is 3.26. The molecule has 1 aliphatic heterocycles. The maximum absolute atomic E-state index is 12.2. The molecule has 0 spiro atoms. The zero-order chi connectivity index (χ0) is 16.8. The van der Waals surface area contributed by atoms with E-state index in [4.69, 9.17) is 14.2 Å². The monoisotopic (exact) mass is 331 g/mol. The van der Waals surface area contributed by atoms with E-state index in [-0.39, 0.29) is 24.7 Å². The molecule has 0 bridgehead atoms. The summed E-state index contributed by atoms with van der Waals surface area (Å²) in [5, 5.41) is 9.42. The van der Waals surface area contributed by atoms with Crippen LogP contribution in [-0.2, 0) is 16.0 Å². The molecule has 0 unspecified atom stereocenters. The highest BCUT2D eigenvalue weighted by Crippen LogP contribution is 2.18. The van der Waals surface area contributed by atoms with Gasteiger partial charge < -0.3 is 19.5 Å². The van der Waals surface area contributed by atoms with E-state index in [0.717, 1.165) is 17.7 Å². The summed E-state index contributed by atoms with van der Waals surface area (Å²) >= 11 is 0. The quantitative estimate of drug-likeness (QED) is 0.799. The zero-order valence-electron chi connectivity index (χ0n) is 13.5. The van der Waals surface area contributed by atoms with Crippen LogP contribution in [0.5, 0.6) is 11.5 Å². The molecule has 2 heterocycles. The summed E-state index contributed by atoms with van der Waals surface area (Å²) in [5.74, 6) is 1.17. The Hall–Kier alpha value is -2.54. The molecule has 0 aliphatic carbocycles. The summed E-state index contributed by atoms with van der Waals surface area (Å²) in [6, 6.07) is 7.51. The summed E-state index contributed by atoms with van der Waals surface area (Å²) in [6.45, 7) is 2.86. The van der Waals surface area contributed by atoms with Crippen molar-refractivity contribution in [1.82, 2.24) is 15.5 Å². The second kappa shape index (κ2) is 7.83. The van der Waals surface area contributed by atoms with E-state index in [1.807, 2.05) is 24.3 Å². The third kappa shape index (κ3) is 4.05. The fourth-order valence-corrected chi connectivity index (χ4v) is 2.59. The van der Waals surface area contributed by atoms with Gasteiger partial charge in [0.1, 0.15) is 11.9 Å². The maximum Gasteiger partial charge on any atom is 0.258 e. The second-order valence-corrected chi connectivity index (χ2v) is 5.55. The molecule has 0 saturated carbocycles. The topological polar surface area (TPSA) is 85.5 Å². The van der Waals surface area contributed by atoms with Crippen LogP contribution in [-0.4, -0.2) is 48.1 Å². The van der Waals surface area contributed by atoms with Crippen molar-refractivity contribution in [1.29, 1.82) is 0 Å². The number of nitrogens with zero attached hydrogens (tertiary/aromatic N) is 1. The molecular formula is C17H21N3O4. The molecule has 1 saturated heterocycles. The van der Waals surface area contributed by atoms with E-state index in [1.165, 1.54) is 0 Å². The van der Waals surface area contributed by atoms with E-state index in [2.05, 4.69) is 22.4 Å². The Morgan fingerprint density at radius 1 is 1.42 bits per heavy atom. The van der Waals surface area contributed by atoms with Gasteiger partial charge in [-0.15, -0.1) is 0 Å². The first-order valence-electron chi connectivity index (χ1n) is 7.99. The van der Waals surface area contributed by atoms with Crippen molar-refractivity contribution in [3.8, 4) is 11.5 Å². The lowest BCUT2D eigenvalue weighted by Gasteiger charge is -2.20. The fraction of sp³-hybridized carbons (Fsp3) is 0.412. The molecular weight excluding hydrogens is 310 g/mol. The van der Waals surface area contributed by atoms with Crippen LogP contribution in [0, 0.1) is 0 Å². The normalized spacial score (nSPS) is 19.9. The predicted octanol–water partition coefficient (Wildman–Crippen LogP) is 1.31. The van der Waals surface area contributed by atoms with Crippen LogP contribution in [0.3, 0.4) is 0 Å². The molecule has 7 nitrogen and oxygen atoms in total. The van der Waals surface area contributed by atoms with E-state index in [0.29, 0.717) is 19.0 Å². The SMILES string of the molecule is CCc1ccccc1OCC(=O)N[C@H]1COC[C@H]1Oc1cn[nH]c1. The number of nitrogens with one attached hydrogen (secondary N) is 2. The van der Waals surface area contributed by atoms with E-state index in [9.17, 15) is 4.79 Å². The van der Waals surface area contributed by atoms with Crippen molar-refractivity contribution in [2.24, 2.45) is 0 Å². The zero-order valence-corrected chi connectivity index (χ0v) is 13.5. The van der Waals surface area contributed by atoms with Crippen LogP contribution < -0.4 is 14.8 Å². The highest BCUT2D eigenvalue weighted by Gasteiger charge is 2.31. The predicted molar refractivity (Wildman–Crippen MR) is 87.1 cm³/mol. The molecule has 7 heteroatoms. The van der Waals surface area contributed by atoms with E-state index in [1.54, 1.807) is 12.4 Å². The van der Waals surface area contributed by atoms with Gasteiger partial charge in [0, 0.05) is 0 Å². The number of para-hydroxylation sites is 1. The lowest BCUT2D eigenvalue weighted by atomic mass is 10.1. The summed E-state index contributed by atoms with van der Waals surface area (Å²) in [4.78, 5) is 12.2. The number of aryl methyl sites for hydroxylation is 1. The van der Waals surface area contributed by atoms with Crippen LogP contribution >= 0.6 is 0 Å². The lowest BCUT2D eigenvalue weighted by Crippen LogP contribution is -2.46. The largest absolute Gasteiger partial charge is 0.483 e. The number of aromatic nitrogens is 2. The number of H-pyrrole nitrogens is 1. The number of benzene rings is 1. The summed E-state index contributed by atoms with van der Waals surface area (Å²) in [6.07, 6.45) is 3.85. The standard InChI is InChI=1S/C17H21N3O4/c1-2-12-5-3-4-6-15(12)23-11-17(21)20-14-9-22-10-16(14)24-13-7-18-19-8-13/h3-8,14,16H,2,9-11H2,1H3,(H,18,19)(H,20,21)/t14-,16+/m0/s1. The van der Waals surface area contributed by atoms with Crippen LogP contribution in [0.2, 0.25) is 0 Å². The first-order valence-corrected chi connectivity index (χ1v) is 7.99. The van der Waals surface area contributed by atoms with Crippen LogP contribution in [0.1, 0.15) is 12.5 Å². The Labute approximate surface area is 140 Å². The summed E-state index contributed by atoms with van der Waals surface area (Å²) in [5.41, 5.74) is 1.08. The number of amides is 1. The van der Waals surface area contributed by atoms with Gasteiger partial charge in [-0.25, -0.2) is 0 Å². The number of hydrogen-bond donors (Lipinski definition) is 2. The molecule has 128 valence electrons. The second-order valence-electron chi connectivity index (χ2n) is 5.55. The Balaban J connectivity index is 1.50. The number of aromatic amines is 1. The van der Waals surface area contributed by atoms with Gasteiger partial charge in [-0.1, -0.05) is 25.1 Å². The molecule has 2 atom stereocenters. The lowest BCUT2D eigenvalue weighted by molar-refractivity contribution is -0.124. The first-order chi connectivity index (χ1) is 11.8. The highest BCUT2D eigenvalue weighted by atomic mass is 16.5. The van der Waals surface area contributed by atoms with Crippen molar-refractivity contribution in [2.75, 3.05) is 19.8 Å². The van der Waals surface area contributed by atoms with Crippen molar-refractivity contribution in [3.63, 3.8) is 0 Å². The van der Waals surface area contributed by atoms with Crippen molar-refractivity contribution < 1.29 is 19.0 Å². The molecule has 1 aromatic heterocycles. The molecule has 2 N–H and O–H groups in total. The Morgan fingerprint density at radius 3 is 3.08 bits per heavy atom. The molecule has 1 amide bonds. The minimum atomic E-state index is -0.241. The molecule has 1 aromatic carbocycles. The van der Waals surface area contributed by atoms with Gasteiger partial charge in [0.25, 0.3) is 5.91 Å². The smallest absolute Gasteiger partial charge is 0.258 e. The Kier molecular flexibility index (Phi) is 5.32. The third-order valence-corrected chi connectivity index (χ3v) is 3.85. The number of hydrogen-bond acceptors (Lipinski definition) is 5. The number of ether oxygens (including phenoxy) is 3. The van der Waals surface area contributed by atoms with Gasteiger partial charge in [-0.3, -0.25) is 9.89 Å². The van der Waals surface area contributed by atoms with Crippen molar-refractivity contribution in [2.45, 2.75) is 25.5 Å².